The Labute approximate surface area is 167 Å². The van der Waals surface area contributed by atoms with Crippen LogP contribution in [0.1, 0.15) is 18.1 Å². The predicted octanol–water partition coefficient (Wildman–Crippen LogP) is 3.14. The Morgan fingerprint density at radius 1 is 1.11 bits per heavy atom. The average molecular weight is 383 g/mol. The number of fused-ring (bicyclic) bond motifs is 1. The highest BCUT2D eigenvalue weighted by molar-refractivity contribution is 5.93. The monoisotopic (exact) mass is 382 g/mol. The topological polar surface area (TPSA) is 58.1 Å². The highest BCUT2D eigenvalue weighted by Crippen LogP contribution is 2.29. The van der Waals surface area contributed by atoms with E-state index in [-0.39, 0.29) is 0 Å². The molecule has 1 unspecified atom stereocenters. The number of anilines is 1. The van der Waals surface area contributed by atoms with Crippen LogP contribution < -0.4 is 20.1 Å². The highest BCUT2D eigenvalue weighted by Gasteiger charge is 2.20. The molecule has 2 N–H and O–H groups in total. The maximum absolute atomic E-state index is 5.37. The van der Waals surface area contributed by atoms with Crippen molar-refractivity contribution in [3.63, 3.8) is 0 Å². The van der Waals surface area contributed by atoms with Crippen molar-refractivity contribution < 1.29 is 9.47 Å². The van der Waals surface area contributed by atoms with Gasteiger partial charge in [0.2, 0.25) is 0 Å². The van der Waals surface area contributed by atoms with Crippen LogP contribution >= 0.6 is 0 Å². The lowest BCUT2D eigenvalue weighted by molar-refractivity contribution is 0.191. The van der Waals surface area contributed by atoms with Crippen LogP contribution in [-0.4, -0.2) is 51.3 Å². The standard InChI is InChI=1S/C22H30N4O2/c1-16(26-12-11-17-7-5-6-8-18(17)15-26)14-24-22(23-2)25-19-9-10-20(27-3)21(13-19)28-4/h5-10,13,16H,11-12,14-15H2,1-4H3,(H2,23,24,25). The van der Waals surface area contributed by atoms with E-state index in [1.54, 1.807) is 21.3 Å². The van der Waals surface area contributed by atoms with Crippen molar-refractivity contribution in [1.29, 1.82) is 0 Å². The van der Waals surface area contributed by atoms with E-state index in [1.807, 2.05) is 18.2 Å². The van der Waals surface area contributed by atoms with Gasteiger partial charge in [0.15, 0.2) is 17.5 Å². The van der Waals surface area contributed by atoms with Gasteiger partial charge in [0, 0.05) is 44.5 Å². The molecule has 0 spiro atoms. The summed E-state index contributed by atoms with van der Waals surface area (Å²) in [5.41, 5.74) is 3.81. The van der Waals surface area contributed by atoms with Crippen molar-refractivity contribution in [2.24, 2.45) is 4.99 Å². The summed E-state index contributed by atoms with van der Waals surface area (Å²) < 4.78 is 10.7. The molecule has 0 saturated heterocycles. The van der Waals surface area contributed by atoms with Gasteiger partial charge in [-0.2, -0.15) is 0 Å². The normalized spacial score (nSPS) is 15.5. The maximum atomic E-state index is 5.37. The number of methoxy groups -OCH3 is 2. The number of nitrogens with zero attached hydrogens (tertiary/aromatic N) is 2. The Morgan fingerprint density at radius 2 is 1.86 bits per heavy atom. The number of benzene rings is 2. The molecule has 6 heteroatoms. The lowest BCUT2D eigenvalue weighted by Gasteiger charge is -2.34. The van der Waals surface area contributed by atoms with E-state index in [2.05, 4.69) is 51.7 Å². The van der Waals surface area contributed by atoms with Gasteiger partial charge in [0.05, 0.1) is 14.2 Å². The summed E-state index contributed by atoms with van der Waals surface area (Å²) in [7, 11) is 5.04. The van der Waals surface area contributed by atoms with Gasteiger partial charge in [-0.25, -0.2) is 0 Å². The SMILES string of the molecule is CN=C(NCC(C)N1CCc2ccccc2C1)Nc1ccc(OC)c(OC)c1. The van der Waals surface area contributed by atoms with Crippen LogP contribution in [0.25, 0.3) is 0 Å². The summed E-state index contributed by atoms with van der Waals surface area (Å²) >= 11 is 0. The van der Waals surface area contributed by atoms with E-state index in [0.29, 0.717) is 17.5 Å². The molecule has 0 saturated carbocycles. The summed E-state index contributed by atoms with van der Waals surface area (Å²) in [6, 6.07) is 14.8. The van der Waals surface area contributed by atoms with Gasteiger partial charge < -0.3 is 20.1 Å². The van der Waals surface area contributed by atoms with E-state index in [1.165, 1.54) is 11.1 Å². The quantitative estimate of drug-likeness (QED) is 0.594. The van der Waals surface area contributed by atoms with Crippen LogP contribution in [-0.2, 0) is 13.0 Å². The molecule has 3 rings (SSSR count). The summed E-state index contributed by atoms with van der Waals surface area (Å²) in [4.78, 5) is 6.85. The van der Waals surface area contributed by atoms with Crippen molar-refractivity contribution in [2.45, 2.75) is 25.9 Å². The molecule has 2 aromatic rings. The third kappa shape index (κ3) is 4.75. The molecule has 0 fully saturated rings. The molecule has 28 heavy (non-hydrogen) atoms. The van der Waals surface area contributed by atoms with E-state index in [4.69, 9.17) is 9.47 Å². The fourth-order valence-corrected chi connectivity index (χ4v) is 3.50. The third-order valence-electron chi connectivity index (χ3n) is 5.22. The van der Waals surface area contributed by atoms with Gasteiger partial charge in [-0.05, 0) is 36.6 Å². The molecular formula is C22H30N4O2. The second-order valence-corrected chi connectivity index (χ2v) is 6.99. The minimum absolute atomic E-state index is 0.400. The molecule has 0 aliphatic carbocycles. The molecule has 1 aliphatic heterocycles. The van der Waals surface area contributed by atoms with Crippen molar-refractivity contribution in [3.8, 4) is 11.5 Å². The van der Waals surface area contributed by atoms with E-state index in [0.717, 1.165) is 37.7 Å². The van der Waals surface area contributed by atoms with Crippen molar-refractivity contribution >= 4 is 11.6 Å². The number of guanidine groups is 1. The molecule has 0 amide bonds. The van der Waals surface area contributed by atoms with Gasteiger partial charge in [-0.3, -0.25) is 9.89 Å². The second-order valence-electron chi connectivity index (χ2n) is 6.99. The first-order chi connectivity index (χ1) is 13.6. The van der Waals surface area contributed by atoms with Gasteiger partial charge >= 0.3 is 0 Å². The fraction of sp³-hybridized carbons (Fsp3) is 0.409. The molecule has 2 aromatic carbocycles. The number of ether oxygens (including phenoxy) is 2. The summed E-state index contributed by atoms with van der Waals surface area (Å²) in [5.74, 6) is 2.12. The minimum Gasteiger partial charge on any atom is -0.493 e. The zero-order chi connectivity index (χ0) is 19.9. The minimum atomic E-state index is 0.400. The number of nitrogens with one attached hydrogen (secondary N) is 2. The molecule has 0 aromatic heterocycles. The zero-order valence-corrected chi connectivity index (χ0v) is 17.2. The molecular weight excluding hydrogens is 352 g/mol. The number of hydrogen-bond donors (Lipinski definition) is 2. The number of aliphatic imine (C=N–C) groups is 1. The Hall–Kier alpha value is -2.73. The predicted molar refractivity (Wildman–Crippen MR) is 115 cm³/mol. The molecule has 0 bridgehead atoms. The van der Waals surface area contributed by atoms with Crippen LogP contribution in [0, 0.1) is 0 Å². The van der Waals surface area contributed by atoms with E-state index >= 15 is 0 Å². The van der Waals surface area contributed by atoms with Gasteiger partial charge in [0.1, 0.15) is 0 Å². The van der Waals surface area contributed by atoms with E-state index in [9.17, 15) is 0 Å². The molecule has 1 heterocycles. The highest BCUT2D eigenvalue weighted by atomic mass is 16.5. The van der Waals surface area contributed by atoms with Crippen molar-refractivity contribution in [3.05, 3.63) is 53.6 Å². The lowest BCUT2D eigenvalue weighted by Crippen LogP contribution is -2.45. The smallest absolute Gasteiger partial charge is 0.195 e. The molecule has 150 valence electrons. The first kappa shape index (κ1) is 20.0. The van der Waals surface area contributed by atoms with Crippen molar-refractivity contribution in [2.75, 3.05) is 39.7 Å². The first-order valence-electron chi connectivity index (χ1n) is 9.65. The molecule has 0 radical (unpaired) electrons. The van der Waals surface area contributed by atoms with Gasteiger partial charge in [-0.1, -0.05) is 24.3 Å². The summed E-state index contributed by atoms with van der Waals surface area (Å²) in [6.07, 6.45) is 1.11. The van der Waals surface area contributed by atoms with Crippen LogP contribution in [0.4, 0.5) is 5.69 Å². The molecule has 1 aliphatic rings. The first-order valence-corrected chi connectivity index (χ1v) is 9.65. The Balaban J connectivity index is 1.56. The molecule has 1 atom stereocenters. The van der Waals surface area contributed by atoms with Crippen molar-refractivity contribution in [1.82, 2.24) is 10.2 Å². The lowest BCUT2D eigenvalue weighted by atomic mass is 9.99. The fourth-order valence-electron chi connectivity index (χ4n) is 3.50. The Bertz CT molecular complexity index is 822. The van der Waals surface area contributed by atoms with Crippen LogP contribution in [0.2, 0.25) is 0 Å². The van der Waals surface area contributed by atoms with Gasteiger partial charge in [0.25, 0.3) is 0 Å². The van der Waals surface area contributed by atoms with Crippen LogP contribution in [0.5, 0.6) is 11.5 Å². The number of rotatable bonds is 6. The van der Waals surface area contributed by atoms with Crippen LogP contribution in [0.3, 0.4) is 0 Å². The van der Waals surface area contributed by atoms with Crippen LogP contribution in [0.15, 0.2) is 47.5 Å². The summed E-state index contributed by atoms with van der Waals surface area (Å²) in [6.45, 7) is 5.15. The number of hydrogen-bond acceptors (Lipinski definition) is 4. The Kier molecular flexibility index (Phi) is 6.76. The second kappa shape index (κ2) is 9.46. The summed E-state index contributed by atoms with van der Waals surface area (Å²) in [5, 5.41) is 6.74. The molecule has 6 nitrogen and oxygen atoms in total. The average Bonchev–Trinajstić information content (AvgIpc) is 2.75. The van der Waals surface area contributed by atoms with E-state index < -0.39 is 0 Å². The zero-order valence-electron chi connectivity index (χ0n) is 17.2. The Morgan fingerprint density at radius 3 is 2.57 bits per heavy atom. The largest absolute Gasteiger partial charge is 0.493 e. The third-order valence-corrected chi connectivity index (χ3v) is 5.22. The van der Waals surface area contributed by atoms with Gasteiger partial charge in [-0.15, -0.1) is 0 Å². The maximum Gasteiger partial charge on any atom is 0.195 e.